The number of hydrogen-bond donors (Lipinski definition) is 1. The average molecular weight is 382 g/mol. The van der Waals surface area contributed by atoms with E-state index in [0.29, 0.717) is 5.92 Å². The summed E-state index contributed by atoms with van der Waals surface area (Å²) >= 11 is 0. The number of carbonyl (C=O) groups excluding carboxylic acids is 1. The van der Waals surface area contributed by atoms with Gasteiger partial charge in [-0.1, -0.05) is 39.0 Å². The van der Waals surface area contributed by atoms with Crippen LogP contribution in [0, 0.1) is 6.92 Å². The molecule has 1 N–H and O–H groups in total. The summed E-state index contributed by atoms with van der Waals surface area (Å²) in [6.07, 6.45) is 0.794. The Hall–Kier alpha value is -2.47. The summed E-state index contributed by atoms with van der Waals surface area (Å²) in [5.74, 6) is 2.27. The number of para-hydroxylation sites is 1. The van der Waals surface area contributed by atoms with Gasteiger partial charge in [0, 0.05) is 49.5 Å². The molecule has 1 aromatic carbocycles. The first-order valence-electron chi connectivity index (χ1n) is 10.2. The molecule has 2 heterocycles. The fraction of sp³-hybridized carbons (Fsp3) is 0.500. The van der Waals surface area contributed by atoms with E-state index in [4.69, 9.17) is 4.98 Å². The fourth-order valence-corrected chi connectivity index (χ4v) is 3.61. The number of aryl methyl sites for hydroxylation is 1. The number of amides is 1. The van der Waals surface area contributed by atoms with Gasteiger partial charge in [0.1, 0.15) is 11.6 Å². The molecule has 3 rings (SSSR count). The molecule has 6 nitrogen and oxygen atoms in total. The molecule has 1 aliphatic rings. The summed E-state index contributed by atoms with van der Waals surface area (Å²) in [5, 5.41) is 3.05. The van der Waals surface area contributed by atoms with Gasteiger partial charge in [0.15, 0.2) is 0 Å². The van der Waals surface area contributed by atoms with Crippen molar-refractivity contribution >= 4 is 17.4 Å². The minimum Gasteiger partial charge on any atom is -0.354 e. The molecule has 0 bridgehead atoms. The SMILES string of the molecule is CCC(C(=O)Nc1ccccc1)N1CCN(c2cc(C)nc(C(C)C)n2)CC1. The van der Waals surface area contributed by atoms with E-state index in [-0.39, 0.29) is 11.9 Å². The molecule has 1 fully saturated rings. The van der Waals surface area contributed by atoms with Crippen LogP contribution < -0.4 is 10.2 Å². The Kier molecular flexibility index (Phi) is 6.62. The van der Waals surface area contributed by atoms with E-state index in [1.807, 2.05) is 37.3 Å². The van der Waals surface area contributed by atoms with Gasteiger partial charge in [-0.2, -0.15) is 0 Å². The summed E-state index contributed by atoms with van der Waals surface area (Å²) in [5.41, 5.74) is 1.85. The lowest BCUT2D eigenvalue weighted by Crippen LogP contribution is -2.53. The summed E-state index contributed by atoms with van der Waals surface area (Å²) in [6, 6.07) is 11.6. The Morgan fingerprint density at radius 2 is 1.79 bits per heavy atom. The van der Waals surface area contributed by atoms with Crippen LogP contribution in [0.25, 0.3) is 0 Å². The van der Waals surface area contributed by atoms with Crippen LogP contribution in [0.3, 0.4) is 0 Å². The van der Waals surface area contributed by atoms with Crippen molar-refractivity contribution < 1.29 is 4.79 Å². The van der Waals surface area contributed by atoms with E-state index >= 15 is 0 Å². The summed E-state index contributed by atoms with van der Waals surface area (Å²) < 4.78 is 0. The smallest absolute Gasteiger partial charge is 0.241 e. The van der Waals surface area contributed by atoms with E-state index < -0.39 is 0 Å². The van der Waals surface area contributed by atoms with Crippen molar-refractivity contribution in [1.82, 2.24) is 14.9 Å². The zero-order valence-electron chi connectivity index (χ0n) is 17.4. The molecule has 0 spiro atoms. The predicted molar refractivity (Wildman–Crippen MR) is 114 cm³/mol. The second-order valence-corrected chi connectivity index (χ2v) is 7.68. The summed E-state index contributed by atoms with van der Waals surface area (Å²) in [7, 11) is 0. The number of piperazine rings is 1. The van der Waals surface area contributed by atoms with Crippen molar-refractivity contribution in [2.24, 2.45) is 0 Å². The van der Waals surface area contributed by atoms with Crippen LogP contribution in [0.2, 0.25) is 0 Å². The van der Waals surface area contributed by atoms with Gasteiger partial charge >= 0.3 is 0 Å². The number of nitrogens with zero attached hydrogens (tertiary/aromatic N) is 4. The highest BCUT2D eigenvalue weighted by molar-refractivity contribution is 5.94. The highest BCUT2D eigenvalue weighted by Gasteiger charge is 2.28. The fourth-order valence-electron chi connectivity index (χ4n) is 3.61. The maximum Gasteiger partial charge on any atom is 0.241 e. The van der Waals surface area contributed by atoms with Gasteiger partial charge in [-0.05, 0) is 25.5 Å². The van der Waals surface area contributed by atoms with Gasteiger partial charge in [-0.25, -0.2) is 9.97 Å². The minimum atomic E-state index is -0.110. The van der Waals surface area contributed by atoms with Gasteiger partial charge < -0.3 is 10.2 Å². The van der Waals surface area contributed by atoms with Gasteiger partial charge in [-0.15, -0.1) is 0 Å². The zero-order chi connectivity index (χ0) is 20.1. The predicted octanol–water partition coefficient (Wildman–Crippen LogP) is 3.45. The largest absolute Gasteiger partial charge is 0.354 e. The number of anilines is 2. The van der Waals surface area contributed by atoms with E-state index in [9.17, 15) is 4.79 Å². The molecule has 1 atom stereocenters. The first-order valence-corrected chi connectivity index (χ1v) is 10.2. The topological polar surface area (TPSA) is 61.4 Å². The van der Waals surface area contributed by atoms with E-state index in [1.165, 1.54) is 0 Å². The van der Waals surface area contributed by atoms with E-state index in [0.717, 1.165) is 55.6 Å². The van der Waals surface area contributed by atoms with Crippen molar-refractivity contribution in [3.8, 4) is 0 Å². The van der Waals surface area contributed by atoms with Crippen molar-refractivity contribution in [3.05, 3.63) is 47.9 Å². The van der Waals surface area contributed by atoms with Crippen LogP contribution in [-0.2, 0) is 4.79 Å². The number of benzene rings is 1. The maximum atomic E-state index is 12.8. The standard InChI is InChI=1S/C22H31N5O/c1-5-19(22(28)24-18-9-7-6-8-10-18)26-11-13-27(14-12-26)20-15-17(4)23-21(25-20)16(2)3/h6-10,15-16,19H,5,11-14H2,1-4H3,(H,24,28). The van der Waals surface area contributed by atoms with Crippen LogP contribution in [0.15, 0.2) is 36.4 Å². The molecule has 0 aliphatic carbocycles. The highest BCUT2D eigenvalue weighted by Crippen LogP contribution is 2.20. The Morgan fingerprint density at radius 3 is 2.39 bits per heavy atom. The van der Waals surface area contributed by atoms with Gasteiger partial charge in [0.05, 0.1) is 6.04 Å². The van der Waals surface area contributed by atoms with Crippen molar-refractivity contribution in [2.75, 3.05) is 36.4 Å². The van der Waals surface area contributed by atoms with Crippen LogP contribution >= 0.6 is 0 Å². The van der Waals surface area contributed by atoms with Crippen LogP contribution in [0.5, 0.6) is 0 Å². The maximum absolute atomic E-state index is 12.8. The van der Waals surface area contributed by atoms with Gasteiger partial charge in [0.25, 0.3) is 0 Å². The number of nitrogens with one attached hydrogen (secondary N) is 1. The molecule has 0 saturated carbocycles. The molecule has 0 radical (unpaired) electrons. The molecular formula is C22H31N5O. The lowest BCUT2D eigenvalue weighted by molar-refractivity contribution is -0.121. The summed E-state index contributed by atoms with van der Waals surface area (Å²) in [6.45, 7) is 11.8. The lowest BCUT2D eigenvalue weighted by Gasteiger charge is -2.39. The van der Waals surface area contributed by atoms with Crippen LogP contribution in [-0.4, -0.2) is 53.0 Å². The zero-order valence-corrected chi connectivity index (χ0v) is 17.4. The first-order chi connectivity index (χ1) is 13.5. The van der Waals surface area contributed by atoms with E-state index in [2.05, 4.69) is 46.9 Å². The molecule has 28 heavy (non-hydrogen) atoms. The molecule has 150 valence electrons. The summed E-state index contributed by atoms with van der Waals surface area (Å²) in [4.78, 5) is 26.7. The number of aromatic nitrogens is 2. The monoisotopic (exact) mass is 381 g/mol. The Labute approximate surface area is 168 Å². The first kappa shape index (κ1) is 20.3. The average Bonchev–Trinajstić information content (AvgIpc) is 2.69. The van der Waals surface area contributed by atoms with Crippen molar-refractivity contribution in [3.63, 3.8) is 0 Å². The number of rotatable bonds is 6. The third-order valence-electron chi connectivity index (χ3n) is 5.18. The Bertz CT molecular complexity index is 785. The number of carbonyl (C=O) groups is 1. The van der Waals surface area contributed by atoms with Gasteiger partial charge in [0.2, 0.25) is 5.91 Å². The van der Waals surface area contributed by atoms with Crippen LogP contribution in [0.4, 0.5) is 11.5 Å². The molecule has 1 saturated heterocycles. The molecule has 1 aliphatic heterocycles. The molecule has 1 aromatic heterocycles. The molecule has 1 amide bonds. The Balaban J connectivity index is 1.63. The highest BCUT2D eigenvalue weighted by atomic mass is 16.2. The van der Waals surface area contributed by atoms with Crippen LogP contribution in [0.1, 0.15) is 44.6 Å². The molecule has 1 unspecified atom stereocenters. The third-order valence-corrected chi connectivity index (χ3v) is 5.18. The molecular weight excluding hydrogens is 350 g/mol. The molecule has 2 aromatic rings. The minimum absolute atomic E-state index is 0.0714. The molecule has 6 heteroatoms. The second kappa shape index (κ2) is 9.15. The number of hydrogen-bond acceptors (Lipinski definition) is 5. The Morgan fingerprint density at radius 1 is 1.11 bits per heavy atom. The van der Waals surface area contributed by atoms with Crippen molar-refractivity contribution in [1.29, 1.82) is 0 Å². The second-order valence-electron chi connectivity index (χ2n) is 7.68. The van der Waals surface area contributed by atoms with E-state index in [1.54, 1.807) is 0 Å². The lowest BCUT2D eigenvalue weighted by atomic mass is 10.1. The normalized spacial score (nSPS) is 16.2. The quantitative estimate of drug-likeness (QED) is 0.830. The van der Waals surface area contributed by atoms with Gasteiger partial charge in [-0.3, -0.25) is 9.69 Å². The third kappa shape index (κ3) is 4.87. The van der Waals surface area contributed by atoms with Crippen molar-refractivity contribution in [2.45, 2.75) is 46.1 Å².